The summed E-state index contributed by atoms with van der Waals surface area (Å²) >= 11 is 0. The van der Waals surface area contributed by atoms with Crippen LogP contribution in [0, 0.1) is 5.82 Å². The Morgan fingerprint density at radius 1 is 1.19 bits per heavy atom. The third-order valence-corrected chi connectivity index (χ3v) is 4.44. The molecule has 0 radical (unpaired) electrons. The fourth-order valence-electron chi connectivity index (χ4n) is 3.20. The lowest BCUT2D eigenvalue weighted by Gasteiger charge is -2.37. The Morgan fingerprint density at radius 2 is 1.88 bits per heavy atom. The lowest BCUT2D eigenvalue weighted by atomic mass is 10.1. The summed E-state index contributed by atoms with van der Waals surface area (Å²) in [5.41, 5.74) is 1.28. The van der Waals surface area contributed by atoms with E-state index >= 15 is 0 Å². The average Bonchev–Trinajstić information content (AvgIpc) is 3.04. The monoisotopic (exact) mass is 362 g/mol. The molecule has 2 heterocycles. The second-order valence-electron chi connectivity index (χ2n) is 7.34. The molecule has 1 aromatic carbocycles. The summed E-state index contributed by atoms with van der Waals surface area (Å²) in [6.07, 6.45) is 0.173. The summed E-state index contributed by atoms with van der Waals surface area (Å²) in [5, 5.41) is 7.19. The molecule has 0 unspecified atom stereocenters. The minimum Gasteiger partial charge on any atom is -0.374 e. The Hall–Kier alpha value is -2.15. The number of nitrogens with one attached hydrogen (secondary N) is 1. The molecule has 142 valence electrons. The minimum absolute atomic E-state index is 0.0867. The maximum absolute atomic E-state index is 14.7. The van der Waals surface area contributed by atoms with E-state index in [9.17, 15) is 4.39 Å². The Labute approximate surface area is 153 Å². The van der Waals surface area contributed by atoms with E-state index in [0.717, 1.165) is 0 Å². The zero-order valence-corrected chi connectivity index (χ0v) is 16.0. The highest BCUT2D eigenvalue weighted by molar-refractivity contribution is 5.57. The van der Waals surface area contributed by atoms with Crippen molar-refractivity contribution in [1.82, 2.24) is 10.1 Å². The molecule has 1 N–H and O–H groups in total. The van der Waals surface area contributed by atoms with Crippen molar-refractivity contribution in [2.45, 2.75) is 58.8 Å². The molecule has 3 rings (SSSR count). The molecular formula is C19H27FN4O2. The van der Waals surface area contributed by atoms with Crippen LogP contribution >= 0.6 is 0 Å². The molecule has 1 saturated heterocycles. The second kappa shape index (κ2) is 7.61. The summed E-state index contributed by atoms with van der Waals surface area (Å²) in [7, 11) is 0. The van der Waals surface area contributed by atoms with E-state index in [1.165, 1.54) is 6.07 Å². The van der Waals surface area contributed by atoms with Gasteiger partial charge in [-0.1, -0.05) is 19.0 Å². The zero-order chi connectivity index (χ0) is 18.8. The zero-order valence-electron chi connectivity index (χ0n) is 16.0. The molecule has 1 fully saturated rings. The smallest absolute Gasteiger partial charge is 0.248 e. The van der Waals surface area contributed by atoms with Crippen LogP contribution in [-0.4, -0.2) is 35.4 Å². The number of nitrogens with zero attached hydrogens (tertiary/aromatic N) is 3. The number of rotatable bonds is 5. The van der Waals surface area contributed by atoms with Crippen LogP contribution in [0.3, 0.4) is 0 Å². The van der Waals surface area contributed by atoms with Crippen LogP contribution < -0.4 is 10.2 Å². The van der Waals surface area contributed by atoms with E-state index in [1.54, 1.807) is 0 Å². The number of anilines is 2. The number of aromatic nitrogens is 2. The van der Waals surface area contributed by atoms with Gasteiger partial charge in [-0.25, -0.2) is 4.39 Å². The molecule has 7 heteroatoms. The SMILES string of the molecule is CC(C)c1noc([C@@H](C)Nc2ccc(N3C[C@@H](C)O[C@H](C)C3)c(F)c2)n1. The van der Waals surface area contributed by atoms with E-state index in [0.29, 0.717) is 36.2 Å². The van der Waals surface area contributed by atoms with Gasteiger partial charge in [0.1, 0.15) is 11.9 Å². The summed E-state index contributed by atoms with van der Waals surface area (Å²) in [4.78, 5) is 6.42. The van der Waals surface area contributed by atoms with Crippen molar-refractivity contribution in [3.63, 3.8) is 0 Å². The Morgan fingerprint density at radius 3 is 2.46 bits per heavy atom. The Bertz CT molecular complexity index is 739. The summed E-state index contributed by atoms with van der Waals surface area (Å²) < 4.78 is 25.7. The van der Waals surface area contributed by atoms with E-state index in [4.69, 9.17) is 9.26 Å². The highest BCUT2D eigenvalue weighted by Gasteiger charge is 2.24. The molecule has 26 heavy (non-hydrogen) atoms. The molecule has 1 aliphatic heterocycles. The molecule has 0 bridgehead atoms. The van der Waals surface area contributed by atoms with E-state index in [2.05, 4.69) is 15.5 Å². The first kappa shape index (κ1) is 18.6. The van der Waals surface area contributed by atoms with Gasteiger partial charge >= 0.3 is 0 Å². The first-order valence-corrected chi connectivity index (χ1v) is 9.13. The second-order valence-corrected chi connectivity index (χ2v) is 7.34. The van der Waals surface area contributed by atoms with Crippen molar-refractivity contribution < 1.29 is 13.7 Å². The fourth-order valence-corrected chi connectivity index (χ4v) is 3.20. The fraction of sp³-hybridized carbons (Fsp3) is 0.579. The molecule has 1 aliphatic rings. The summed E-state index contributed by atoms with van der Waals surface area (Å²) in [6, 6.07) is 4.99. The highest BCUT2D eigenvalue weighted by Crippen LogP contribution is 2.28. The molecule has 6 nitrogen and oxygen atoms in total. The van der Waals surface area contributed by atoms with Gasteiger partial charge in [-0.15, -0.1) is 0 Å². The normalized spacial score (nSPS) is 21.9. The molecule has 1 aromatic heterocycles. The van der Waals surface area contributed by atoms with E-state index in [-0.39, 0.29) is 30.0 Å². The van der Waals surface area contributed by atoms with E-state index < -0.39 is 0 Å². The molecule has 0 saturated carbocycles. The first-order chi connectivity index (χ1) is 12.3. The molecule has 2 aromatic rings. The van der Waals surface area contributed by atoms with Crippen molar-refractivity contribution in [3.05, 3.63) is 35.7 Å². The van der Waals surface area contributed by atoms with Gasteiger partial charge in [-0.3, -0.25) is 0 Å². The largest absolute Gasteiger partial charge is 0.374 e. The number of hydrogen-bond donors (Lipinski definition) is 1. The van der Waals surface area contributed by atoms with Crippen LogP contribution in [0.4, 0.5) is 15.8 Å². The summed E-state index contributed by atoms with van der Waals surface area (Å²) in [5.74, 6) is 1.12. The van der Waals surface area contributed by atoms with Gasteiger partial charge in [0.15, 0.2) is 5.82 Å². The maximum atomic E-state index is 14.7. The number of hydrogen-bond acceptors (Lipinski definition) is 6. The Kier molecular flexibility index (Phi) is 5.46. The lowest BCUT2D eigenvalue weighted by molar-refractivity contribution is -0.00539. The van der Waals surface area contributed by atoms with Crippen molar-refractivity contribution in [1.29, 1.82) is 0 Å². The van der Waals surface area contributed by atoms with Crippen LogP contribution in [0.1, 0.15) is 58.3 Å². The van der Waals surface area contributed by atoms with Crippen LogP contribution in [0.5, 0.6) is 0 Å². The molecule has 3 atom stereocenters. The predicted molar refractivity (Wildman–Crippen MR) is 99.0 cm³/mol. The van der Waals surface area contributed by atoms with Gasteiger partial charge in [0, 0.05) is 24.7 Å². The maximum Gasteiger partial charge on any atom is 0.248 e. The number of morpholine rings is 1. The first-order valence-electron chi connectivity index (χ1n) is 9.13. The van der Waals surface area contributed by atoms with Gasteiger partial charge in [0.2, 0.25) is 5.89 Å². The van der Waals surface area contributed by atoms with Gasteiger partial charge in [0.25, 0.3) is 0 Å². The number of halogens is 1. The number of benzene rings is 1. The molecule has 0 spiro atoms. The molecule has 0 aliphatic carbocycles. The van der Waals surface area contributed by atoms with Gasteiger partial charge < -0.3 is 19.5 Å². The highest BCUT2D eigenvalue weighted by atomic mass is 19.1. The number of ether oxygens (including phenoxy) is 1. The topological polar surface area (TPSA) is 63.4 Å². The summed E-state index contributed by atoms with van der Waals surface area (Å²) in [6.45, 7) is 11.3. The molecule has 0 amide bonds. The third-order valence-electron chi connectivity index (χ3n) is 4.44. The lowest BCUT2D eigenvalue weighted by Crippen LogP contribution is -2.45. The van der Waals surface area contributed by atoms with E-state index in [1.807, 2.05) is 51.7 Å². The van der Waals surface area contributed by atoms with Crippen LogP contribution in [0.2, 0.25) is 0 Å². The predicted octanol–water partition coefficient (Wildman–Crippen LogP) is 4.12. The van der Waals surface area contributed by atoms with Crippen LogP contribution in [-0.2, 0) is 4.74 Å². The molecular weight excluding hydrogens is 335 g/mol. The third kappa shape index (κ3) is 4.15. The van der Waals surface area contributed by atoms with Crippen molar-refractivity contribution in [2.75, 3.05) is 23.3 Å². The van der Waals surface area contributed by atoms with Gasteiger partial charge in [0.05, 0.1) is 17.9 Å². The quantitative estimate of drug-likeness (QED) is 0.863. The van der Waals surface area contributed by atoms with Gasteiger partial charge in [-0.2, -0.15) is 4.98 Å². The Balaban J connectivity index is 1.70. The van der Waals surface area contributed by atoms with Gasteiger partial charge in [-0.05, 0) is 39.0 Å². The average molecular weight is 362 g/mol. The minimum atomic E-state index is -0.253. The van der Waals surface area contributed by atoms with Crippen molar-refractivity contribution >= 4 is 11.4 Å². The van der Waals surface area contributed by atoms with Crippen LogP contribution in [0.25, 0.3) is 0 Å². The standard InChI is InChI=1S/C19H27FN4O2/c1-11(2)18-22-19(26-23-18)14(5)21-15-6-7-17(16(20)8-15)24-9-12(3)25-13(4)10-24/h6-8,11-14,21H,9-10H2,1-5H3/t12-,13-,14-/m1/s1. The van der Waals surface area contributed by atoms with Crippen molar-refractivity contribution in [3.8, 4) is 0 Å². The van der Waals surface area contributed by atoms with Crippen molar-refractivity contribution in [2.24, 2.45) is 0 Å². The van der Waals surface area contributed by atoms with Crippen LogP contribution in [0.15, 0.2) is 22.7 Å².